The van der Waals surface area contributed by atoms with Crippen LogP contribution in [0.15, 0.2) is 143 Å². The van der Waals surface area contributed by atoms with Gasteiger partial charge in [0.1, 0.15) is 45.9 Å². The number of aromatic hydroxyl groups is 4. The number of rotatable bonds is 18. The summed E-state index contributed by atoms with van der Waals surface area (Å²) in [5.74, 6) is 1.79. The molecule has 8 rings (SSSR count). The van der Waals surface area contributed by atoms with Crippen molar-refractivity contribution in [3.8, 4) is 102 Å². The van der Waals surface area contributed by atoms with Gasteiger partial charge in [0.2, 0.25) is 0 Å². The van der Waals surface area contributed by atoms with Crippen LogP contribution in [0.1, 0.15) is 28.8 Å². The molecule has 0 fully saturated rings. The van der Waals surface area contributed by atoms with Gasteiger partial charge >= 0.3 is 0 Å². The fourth-order valence-electron chi connectivity index (χ4n) is 7.61. The maximum atomic E-state index is 15.1. The molecule has 2 heterocycles. The van der Waals surface area contributed by atoms with Crippen molar-refractivity contribution in [2.45, 2.75) is 12.8 Å². The molecule has 8 aromatic rings. The summed E-state index contributed by atoms with van der Waals surface area (Å²) in [5.41, 5.74) is 6.34. The minimum Gasteiger partial charge on any atom is -0.508 e. The predicted molar refractivity (Wildman–Crippen MR) is 253 cm³/mol. The SMILES string of the molecule is CN(C)CCCOc1ccc(C(=O)c2ccc(OCCCN(C)C)c(-c3c(-c4ccc(O)cc4)noc3-c3ccc(O)cc3)c2)cc1-c1c(-c2ccc(O)cc2)noc1-c1ccc(O)cc1. The second kappa shape index (κ2) is 19.9. The molecule has 0 spiro atoms. The molecule has 66 heavy (non-hydrogen) atoms. The number of ketones is 1. The van der Waals surface area contributed by atoms with E-state index in [9.17, 15) is 20.4 Å². The predicted octanol–water partition coefficient (Wildman–Crippen LogP) is 10.4. The zero-order valence-corrected chi connectivity index (χ0v) is 37.1. The molecule has 0 aliphatic rings. The Hall–Kier alpha value is -7.87. The van der Waals surface area contributed by atoms with Gasteiger partial charge < -0.3 is 48.7 Å². The molecule has 0 amide bonds. The van der Waals surface area contributed by atoms with Crippen LogP contribution < -0.4 is 9.47 Å². The quantitative estimate of drug-likeness (QED) is 0.0474. The molecule has 0 aliphatic carbocycles. The molecular formula is C53H50N4O9. The van der Waals surface area contributed by atoms with Gasteiger partial charge in [-0.25, -0.2) is 0 Å². The number of nitrogens with zero attached hydrogens (tertiary/aromatic N) is 4. The van der Waals surface area contributed by atoms with Crippen molar-refractivity contribution in [3.05, 3.63) is 145 Å². The molecule has 13 nitrogen and oxygen atoms in total. The summed E-state index contributed by atoms with van der Waals surface area (Å²) < 4.78 is 25.2. The summed E-state index contributed by atoms with van der Waals surface area (Å²) in [5, 5.41) is 49.8. The van der Waals surface area contributed by atoms with Gasteiger partial charge in [-0.3, -0.25) is 4.79 Å². The highest BCUT2D eigenvalue weighted by atomic mass is 16.5. The van der Waals surface area contributed by atoms with Gasteiger partial charge in [0.05, 0.1) is 24.3 Å². The third-order valence-corrected chi connectivity index (χ3v) is 11.0. The lowest BCUT2D eigenvalue weighted by Crippen LogP contribution is -2.15. The highest BCUT2D eigenvalue weighted by Gasteiger charge is 2.28. The van der Waals surface area contributed by atoms with Crippen LogP contribution in [0, 0.1) is 0 Å². The van der Waals surface area contributed by atoms with Crippen LogP contribution in [0.2, 0.25) is 0 Å². The van der Waals surface area contributed by atoms with Crippen molar-refractivity contribution in [2.75, 3.05) is 54.5 Å². The fraction of sp³-hybridized carbons (Fsp3) is 0.189. The zero-order chi connectivity index (χ0) is 46.3. The number of carbonyl (C=O) groups is 1. The first kappa shape index (κ1) is 44.7. The average Bonchev–Trinajstić information content (AvgIpc) is 3.96. The molecule has 0 radical (unpaired) electrons. The van der Waals surface area contributed by atoms with Gasteiger partial charge in [-0.1, -0.05) is 10.3 Å². The van der Waals surface area contributed by atoms with Crippen LogP contribution in [0.5, 0.6) is 34.5 Å². The Morgan fingerprint density at radius 1 is 0.485 bits per heavy atom. The second-order valence-electron chi connectivity index (χ2n) is 16.4. The number of phenols is 4. The number of aromatic nitrogens is 2. The van der Waals surface area contributed by atoms with E-state index in [1.165, 1.54) is 0 Å². The minimum absolute atomic E-state index is 0.0806. The highest BCUT2D eigenvalue weighted by Crippen LogP contribution is 2.47. The Kier molecular flexibility index (Phi) is 13.5. The molecular weight excluding hydrogens is 837 g/mol. The standard InChI is InChI=1S/C53H50N4O9/c1-56(2)27-5-29-63-45-25-15-37(31-43(45)47-49(33-7-17-39(58)18-8-33)54-65-52(47)35-11-21-41(60)22-12-35)51(62)38-16-26-46(64-30-6-28-57(3)4)44(32-38)48-50(34-9-19-40(59)20-10-34)55-66-53(48)36-13-23-42(61)24-14-36/h7-26,31-32,58-61H,5-6,27-30H2,1-4H3. The smallest absolute Gasteiger partial charge is 0.193 e. The topological polar surface area (TPSA) is 175 Å². The van der Waals surface area contributed by atoms with Crippen molar-refractivity contribution < 1.29 is 43.7 Å². The summed E-state index contributed by atoms with van der Waals surface area (Å²) in [6.07, 6.45) is 1.47. The Morgan fingerprint density at radius 2 is 0.818 bits per heavy atom. The summed E-state index contributed by atoms with van der Waals surface area (Å²) in [6, 6.07) is 36.9. The van der Waals surface area contributed by atoms with E-state index in [2.05, 4.69) is 20.1 Å². The van der Waals surface area contributed by atoms with Crippen molar-refractivity contribution in [3.63, 3.8) is 0 Å². The first-order chi connectivity index (χ1) is 31.9. The monoisotopic (exact) mass is 886 g/mol. The van der Waals surface area contributed by atoms with E-state index in [-0.39, 0.29) is 28.8 Å². The maximum absolute atomic E-state index is 15.1. The summed E-state index contributed by atoms with van der Waals surface area (Å²) in [4.78, 5) is 19.2. The molecule has 0 atom stereocenters. The number of hydrogen-bond donors (Lipinski definition) is 4. The number of ether oxygens (including phenoxy) is 2. The van der Waals surface area contributed by atoms with E-state index in [0.29, 0.717) is 103 Å². The van der Waals surface area contributed by atoms with Crippen molar-refractivity contribution in [1.29, 1.82) is 0 Å². The Balaban J connectivity index is 1.29. The molecule has 2 aromatic heterocycles. The Morgan fingerprint density at radius 3 is 1.15 bits per heavy atom. The first-order valence-electron chi connectivity index (χ1n) is 21.5. The van der Waals surface area contributed by atoms with Crippen LogP contribution in [-0.4, -0.2) is 101 Å². The maximum Gasteiger partial charge on any atom is 0.193 e. The molecule has 4 N–H and O–H groups in total. The van der Waals surface area contributed by atoms with E-state index in [1.54, 1.807) is 133 Å². The van der Waals surface area contributed by atoms with Crippen LogP contribution in [0.4, 0.5) is 0 Å². The fourth-order valence-corrected chi connectivity index (χ4v) is 7.61. The largest absolute Gasteiger partial charge is 0.508 e. The zero-order valence-electron chi connectivity index (χ0n) is 37.1. The number of hydrogen-bond acceptors (Lipinski definition) is 13. The highest BCUT2D eigenvalue weighted by molar-refractivity contribution is 6.11. The van der Waals surface area contributed by atoms with Crippen molar-refractivity contribution >= 4 is 5.78 Å². The third kappa shape index (κ3) is 10.1. The molecule has 6 aromatic carbocycles. The lowest BCUT2D eigenvalue weighted by atomic mass is 9.91. The lowest BCUT2D eigenvalue weighted by Gasteiger charge is -2.17. The van der Waals surface area contributed by atoms with Crippen molar-refractivity contribution in [2.24, 2.45) is 0 Å². The van der Waals surface area contributed by atoms with E-state index < -0.39 is 0 Å². The van der Waals surface area contributed by atoms with Gasteiger partial charge in [-0.2, -0.15) is 0 Å². The van der Waals surface area contributed by atoms with Gasteiger partial charge in [0.15, 0.2) is 17.3 Å². The van der Waals surface area contributed by atoms with Gasteiger partial charge in [-0.15, -0.1) is 0 Å². The third-order valence-electron chi connectivity index (χ3n) is 11.0. The minimum atomic E-state index is -0.307. The lowest BCUT2D eigenvalue weighted by molar-refractivity contribution is 0.103. The van der Waals surface area contributed by atoms with E-state index in [0.717, 1.165) is 25.9 Å². The first-order valence-corrected chi connectivity index (χ1v) is 21.5. The molecule has 336 valence electrons. The van der Waals surface area contributed by atoms with Gasteiger partial charge in [-0.05, 0) is 174 Å². The van der Waals surface area contributed by atoms with Crippen LogP contribution in [0.25, 0.3) is 67.4 Å². The van der Waals surface area contributed by atoms with E-state index in [1.807, 2.05) is 28.2 Å². The van der Waals surface area contributed by atoms with Crippen LogP contribution >= 0.6 is 0 Å². The number of phenolic OH excluding ortho intramolecular Hbond substituents is 4. The van der Waals surface area contributed by atoms with Crippen LogP contribution in [0.3, 0.4) is 0 Å². The summed E-state index contributed by atoms with van der Waals surface area (Å²) >= 11 is 0. The molecule has 0 bridgehead atoms. The molecule has 13 heteroatoms. The number of carbonyl (C=O) groups excluding carboxylic acids is 1. The van der Waals surface area contributed by atoms with Gasteiger partial charge in [0, 0.05) is 57.6 Å². The molecule has 0 saturated carbocycles. The Bertz CT molecular complexity index is 2600. The Labute approximate surface area is 382 Å². The molecule has 0 saturated heterocycles. The summed E-state index contributed by atoms with van der Waals surface area (Å²) in [7, 11) is 7.99. The molecule has 0 aliphatic heterocycles. The normalized spacial score (nSPS) is 11.4. The number of benzene rings is 6. The molecule has 0 unspecified atom stereocenters. The van der Waals surface area contributed by atoms with E-state index in [4.69, 9.17) is 18.5 Å². The summed E-state index contributed by atoms with van der Waals surface area (Å²) in [6.45, 7) is 2.36. The average molecular weight is 887 g/mol. The van der Waals surface area contributed by atoms with Crippen LogP contribution in [-0.2, 0) is 0 Å². The van der Waals surface area contributed by atoms with Crippen molar-refractivity contribution in [1.82, 2.24) is 20.1 Å². The van der Waals surface area contributed by atoms with E-state index >= 15 is 4.79 Å². The van der Waals surface area contributed by atoms with Gasteiger partial charge in [0.25, 0.3) is 0 Å². The second-order valence-corrected chi connectivity index (χ2v) is 16.4.